The van der Waals surface area contributed by atoms with Crippen molar-refractivity contribution in [3.63, 3.8) is 0 Å². The number of hydrogen-bond acceptors (Lipinski definition) is 4. The average molecular weight is 432 g/mol. The molecule has 0 spiro atoms. The molecule has 0 aliphatic carbocycles. The van der Waals surface area contributed by atoms with Crippen LogP contribution in [0.25, 0.3) is 6.08 Å². The van der Waals surface area contributed by atoms with Gasteiger partial charge in [-0.05, 0) is 42.0 Å². The molecule has 0 fully saturated rings. The van der Waals surface area contributed by atoms with Gasteiger partial charge in [0.2, 0.25) is 5.78 Å². The molecule has 0 amide bonds. The smallest absolute Gasteiger partial charge is 0.343 e. The molecule has 0 aliphatic rings. The van der Waals surface area contributed by atoms with Crippen LogP contribution >= 0.6 is 15.9 Å². The number of nitrogens with zero attached hydrogens (tertiary/aromatic N) is 1. The topological polar surface area (TPSA) is 67.2 Å². The quantitative estimate of drug-likeness (QED) is 0.177. The van der Waals surface area contributed by atoms with Gasteiger partial charge in [-0.2, -0.15) is 5.26 Å². The molecule has 0 bridgehead atoms. The summed E-state index contributed by atoms with van der Waals surface area (Å²) < 4.78 is 6.13. The Hall–Kier alpha value is -3.49. The third-order valence-electron chi connectivity index (χ3n) is 3.86. The first kappa shape index (κ1) is 19.3. The van der Waals surface area contributed by atoms with Gasteiger partial charge < -0.3 is 4.74 Å². The Morgan fingerprint density at radius 3 is 2.21 bits per heavy atom. The normalized spacial score (nSPS) is 10.8. The van der Waals surface area contributed by atoms with Gasteiger partial charge in [-0.15, -0.1) is 0 Å². The lowest BCUT2D eigenvalue weighted by Crippen LogP contribution is -2.08. The van der Waals surface area contributed by atoms with Crippen molar-refractivity contribution in [1.29, 1.82) is 5.26 Å². The number of nitriles is 1. The standard InChI is InChI=1S/C23H14BrNO3/c24-20-8-4-7-18(14-20)23(27)28-21-11-9-16(10-12-21)13-19(15-25)22(26)17-5-2-1-3-6-17/h1-14H/b19-13+. The van der Waals surface area contributed by atoms with Crippen molar-refractivity contribution < 1.29 is 14.3 Å². The molecule has 0 saturated heterocycles. The van der Waals surface area contributed by atoms with E-state index < -0.39 is 5.97 Å². The molecule has 0 heterocycles. The number of hydrogen-bond donors (Lipinski definition) is 0. The van der Waals surface area contributed by atoms with E-state index in [1.54, 1.807) is 72.8 Å². The maximum atomic E-state index is 12.4. The maximum absolute atomic E-state index is 12.4. The second-order valence-corrected chi connectivity index (χ2v) is 6.75. The predicted octanol–water partition coefficient (Wildman–Crippen LogP) is 5.46. The number of rotatable bonds is 5. The van der Waals surface area contributed by atoms with Crippen molar-refractivity contribution >= 4 is 33.8 Å². The monoisotopic (exact) mass is 431 g/mol. The number of ketones is 1. The molecule has 0 aromatic heterocycles. The van der Waals surface area contributed by atoms with E-state index in [9.17, 15) is 14.9 Å². The molecule has 0 aliphatic heterocycles. The highest BCUT2D eigenvalue weighted by molar-refractivity contribution is 9.10. The van der Waals surface area contributed by atoms with Crippen LogP contribution in [-0.2, 0) is 0 Å². The SMILES string of the molecule is N#C/C(=C\c1ccc(OC(=O)c2cccc(Br)c2)cc1)C(=O)c1ccccc1. The minimum Gasteiger partial charge on any atom is -0.423 e. The van der Waals surface area contributed by atoms with Crippen molar-refractivity contribution in [1.82, 2.24) is 0 Å². The van der Waals surface area contributed by atoms with Gasteiger partial charge in [0.25, 0.3) is 0 Å². The van der Waals surface area contributed by atoms with Crippen LogP contribution in [-0.4, -0.2) is 11.8 Å². The largest absolute Gasteiger partial charge is 0.423 e. The van der Waals surface area contributed by atoms with Crippen molar-refractivity contribution in [2.75, 3.05) is 0 Å². The first-order valence-corrected chi connectivity index (χ1v) is 9.15. The highest BCUT2D eigenvalue weighted by Gasteiger charge is 2.12. The van der Waals surface area contributed by atoms with Crippen LogP contribution in [0.2, 0.25) is 0 Å². The Labute approximate surface area is 170 Å². The molecule has 0 radical (unpaired) electrons. The number of carbonyl (C=O) groups excluding carboxylic acids is 2. The molecule has 0 unspecified atom stereocenters. The molecule has 28 heavy (non-hydrogen) atoms. The van der Waals surface area contributed by atoms with Crippen LogP contribution in [0.4, 0.5) is 0 Å². The lowest BCUT2D eigenvalue weighted by molar-refractivity contribution is 0.0734. The van der Waals surface area contributed by atoms with E-state index in [-0.39, 0.29) is 11.4 Å². The highest BCUT2D eigenvalue weighted by atomic mass is 79.9. The van der Waals surface area contributed by atoms with Gasteiger partial charge in [0.05, 0.1) is 5.56 Å². The van der Waals surface area contributed by atoms with Gasteiger partial charge in [-0.3, -0.25) is 4.79 Å². The van der Waals surface area contributed by atoms with Gasteiger partial charge in [-0.25, -0.2) is 4.79 Å². The average Bonchev–Trinajstić information content (AvgIpc) is 2.73. The Morgan fingerprint density at radius 1 is 0.893 bits per heavy atom. The van der Waals surface area contributed by atoms with E-state index in [1.165, 1.54) is 6.08 Å². The van der Waals surface area contributed by atoms with E-state index in [0.717, 1.165) is 4.47 Å². The number of halogens is 1. The van der Waals surface area contributed by atoms with Crippen molar-refractivity contribution in [2.45, 2.75) is 0 Å². The van der Waals surface area contributed by atoms with Gasteiger partial charge in [0.1, 0.15) is 17.4 Å². The number of esters is 1. The number of Topliss-reactive ketones (excluding diaryl/α,β-unsaturated/α-hetero) is 1. The zero-order valence-electron chi connectivity index (χ0n) is 14.6. The molecular weight excluding hydrogens is 418 g/mol. The summed E-state index contributed by atoms with van der Waals surface area (Å²) in [5.74, 6) is -0.440. The van der Waals surface area contributed by atoms with Crippen LogP contribution in [0.1, 0.15) is 26.3 Å². The summed E-state index contributed by atoms with van der Waals surface area (Å²) in [4.78, 5) is 24.6. The van der Waals surface area contributed by atoms with Crippen LogP contribution in [0.15, 0.2) is 88.9 Å². The Balaban J connectivity index is 1.74. The van der Waals surface area contributed by atoms with Crippen LogP contribution in [0.3, 0.4) is 0 Å². The highest BCUT2D eigenvalue weighted by Crippen LogP contribution is 2.19. The lowest BCUT2D eigenvalue weighted by Gasteiger charge is -2.05. The summed E-state index contributed by atoms with van der Waals surface area (Å²) in [5.41, 5.74) is 1.57. The third kappa shape index (κ3) is 4.81. The first-order chi connectivity index (χ1) is 13.6. The minimum absolute atomic E-state index is 0.0325. The number of benzene rings is 3. The molecule has 3 aromatic rings. The van der Waals surface area contributed by atoms with Gasteiger partial charge in [-0.1, -0.05) is 64.5 Å². The molecule has 0 atom stereocenters. The summed E-state index contributed by atoms with van der Waals surface area (Å²) in [6.45, 7) is 0. The summed E-state index contributed by atoms with van der Waals surface area (Å²) in [5, 5.41) is 9.33. The first-order valence-electron chi connectivity index (χ1n) is 8.36. The molecule has 3 aromatic carbocycles. The fraction of sp³-hybridized carbons (Fsp3) is 0. The van der Waals surface area contributed by atoms with E-state index in [2.05, 4.69) is 15.9 Å². The second-order valence-electron chi connectivity index (χ2n) is 5.83. The lowest BCUT2D eigenvalue weighted by atomic mass is 10.0. The summed E-state index contributed by atoms with van der Waals surface area (Å²) in [6, 6.07) is 24.1. The van der Waals surface area contributed by atoms with Crippen molar-refractivity contribution in [2.24, 2.45) is 0 Å². The van der Waals surface area contributed by atoms with E-state index >= 15 is 0 Å². The fourth-order valence-corrected chi connectivity index (χ4v) is 2.87. The molecule has 5 heteroatoms. The predicted molar refractivity (Wildman–Crippen MR) is 110 cm³/mol. The number of allylic oxidation sites excluding steroid dienone is 1. The van der Waals surface area contributed by atoms with Crippen LogP contribution in [0.5, 0.6) is 5.75 Å². The van der Waals surface area contributed by atoms with Crippen molar-refractivity contribution in [3.05, 3.63) is 106 Å². The zero-order valence-corrected chi connectivity index (χ0v) is 16.2. The number of carbonyl (C=O) groups is 2. The van der Waals surface area contributed by atoms with Crippen LogP contribution < -0.4 is 4.74 Å². The molecule has 136 valence electrons. The number of ether oxygens (including phenoxy) is 1. The van der Waals surface area contributed by atoms with Gasteiger partial charge >= 0.3 is 5.97 Å². The molecule has 0 N–H and O–H groups in total. The third-order valence-corrected chi connectivity index (χ3v) is 4.36. The fourth-order valence-electron chi connectivity index (χ4n) is 2.47. The Bertz CT molecular complexity index is 1080. The van der Waals surface area contributed by atoms with Gasteiger partial charge in [0.15, 0.2) is 0 Å². The maximum Gasteiger partial charge on any atom is 0.343 e. The summed E-state index contributed by atoms with van der Waals surface area (Å²) in [7, 11) is 0. The molecular formula is C23H14BrNO3. The Kier molecular flexibility index (Phi) is 6.15. The second kappa shape index (κ2) is 8.94. The molecule has 3 rings (SSSR count). The molecule has 0 saturated carbocycles. The van der Waals surface area contributed by atoms with E-state index in [1.807, 2.05) is 12.1 Å². The molecule has 4 nitrogen and oxygen atoms in total. The summed E-state index contributed by atoms with van der Waals surface area (Å²) in [6.07, 6.45) is 1.51. The Morgan fingerprint density at radius 2 is 1.57 bits per heavy atom. The van der Waals surface area contributed by atoms with Gasteiger partial charge in [0, 0.05) is 10.0 Å². The van der Waals surface area contributed by atoms with Crippen LogP contribution in [0, 0.1) is 11.3 Å². The zero-order chi connectivity index (χ0) is 19.9. The van der Waals surface area contributed by atoms with E-state index in [4.69, 9.17) is 4.74 Å². The summed E-state index contributed by atoms with van der Waals surface area (Å²) >= 11 is 3.32. The van der Waals surface area contributed by atoms with Crippen molar-refractivity contribution in [3.8, 4) is 11.8 Å². The van der Waals surface area contributed by atoms with E-state index in [0.29, 0.717) is 22.4 Å². The minimum atomic E-state index is -0.471.